The van der Waals surface area contributed by atoms with Gasteiger partial charge in [0.05, 0.1) is 11.5 Å². The lowest BCUT2D eigenvalue weighted by atomic mass is 10.0. The quantitative estimate of drug-likeness (QED) is 0.298. The third-order valence-corrected chi connectivity index (χ3v) is 5.54. The van der Waals surface area contributed by atoms with Gasteiger partial charge in [-0.1, -0.05) is 29.8 Å². The average Bonchev–Trinajstić information content (AvgIpc) is 3.11. The van der Waals surface area contributed by atoms with Crippen LogP contribution in [0.2, 0.25) is 5.02 Å². The van der Waals surface area contributed by atoms with E-state index in [1.807, 2.05) is 0 Å². The molecule has 0 bridgehead atoms. The molecule has 0 aliphatic heterocycles. The molecule has 0 radical (unpaired) electrons. The molecule has 1 N–H and O–H groups in total. The van der Waals surface area contributed by atoms with Crippen molar-refractivity contribution in [1.82, 2.24) is 0 Å². The highest BCUT2D eigenvalue weighted by molar-refractivity contribution is 7.15. The molecule has 0 atom stereocenters. The van der Waals surface area contributed by atoms with E-state index < -0.39 is 16.8 Å². The first-order valence-corrected chi connectivity index (χ1v) is 10.2. The monoisotopic (exact) mass is 444 g/mol. The van der Waals surface area contributed by atoms with Gasteiger partial charge >= 0.3 is 5.97 Å². The molecule has 7 nitrogen and oxygen atoms in total. The summed E-state index contributed by atoms with van der Waals surface area (Å²) in [6.45, 7) is 3.42. The van der Waals surface area contributed by atoms with Crippen molar-refractivity contribution in [3.63, 3.8) is 0 Å². The first-order valence-electron chi connectivity index (χ1n) is 8.93. The van der Waals surface area contributed by atoms with Crippen LogP contribution in [0.4, 0.5) is 10.7 Å². The Balaban J connectivity index is 1.99. The van der Waals surface area contributed by atoms with Crippen molar-refractivity contribution in [3.05, 3.63) is 79.7 Å². The molecule has 154 valence electrons. The van der Waals surface area contributed by atoms with Crippen LogP contribution in [0, 0.1) is 17.0 Å². The van der Waals surface area contributed by atoms with E-state index in [-0.39, 0.29) is 23.4 Å². The molecule has 0 saturated carbocycles. The van der Waals surface area contributed by atoms with Crippen molar-refractivity contribution in [2.75, 3.05) is 11.9 Å². The number of hydrogen-bond donors (Lipinski definition) is 1. The minimum absolute atomic E-state index is 0.0732. The van der Waals surface area contributed by atoms with E-state index in [1.54, 1.807) is 43.5 Å². The highest BCUT2D eigenvalue weighted by Gasteiger charge is 2.24. The number of halogens is 1. The number of benzene rings is 2. The number of carbonyl (C=O) groups excluding carboxylic acids is 2. The molecule has 0 aliphatic rings. The van der Waals surface area contributed by atoms with Gasteiger partial charge in [0.1, 0.15) is 10.6 Å². The van der Waals surface area contributed by atoms with Crippen LogP contribution in [-0.4, -0.2) is 23.4 Å². The van der Waals surface area contributed by atoms with E-state index in [0.29, 0.717) is 26.7 Å². The van der Waals surface area contributed by atoms with Crippen molar-refractivity contribution < 1.29 is 19.2 Å². The molecule has 0 fully saturated rings. The minimum Gasteiger partial charge on any atom is -0.462 e. The Labute approximate surface area is 181 Å². The number of ether oxygens (including phenoxy) is 1. The van der Waals surface area contributed by atoms with E-state index in [1.165, 1.54) is 29.5 Å². The number of carbonyl (C=O) groups is 2. The largest absolute Gasteiger partial charge is 0.462 e. The van der Waals surface area contributed by atoms with Crippen molar-refractivity contribution >= 4 is 45.5 Å². The summed E-state index contributed by atoms with van der Waals surface area (Å²) in [5.41, 5.74) is 1.93. The molecular weight excluding hydrogens is 428 g/mol. The SMILES string of the molecule is CCOC(=O)c1c(-c2ccccc2Cl)csc1NC(=O)c1ccc([N+](=O)[O-])c(C)c1. The molecule has 9 heteroatoms. The summed E-state index contributed by atoms with van der Waals surface area (Å²) in [5.74, 6) is -1.07. The number of aryl methyl sites for hydroxylation is 1. The van der Waals surface area contributed by atoms with Crippen molar-refractivity contribution in [2.45, 2.75) is 13.8 Å². The number of nitrogens with one attached hydrogen (secondary N) is 1. The fourth-order valence-electron chi connectivity index (χ4n) is 2.91. The molecular formula is C21H17ClN2O5S. The summed E-state index contributed by atoms with van der Waals surface area (Å²) >= 11 is 7.46. The Morgan fingerprint density at radius 1 is 1.20 bits per heavy atom. The summed E-state index contributed by atoms with van der Waals surface area (Å²) in [6.07, 6.45) is 0. The number of thiophene rings is 1. The minimum atomic E-state index is -0.580. The number of hydrogen-bond acceptors (Lipinski definition) is 6. The Bertz CT molecular complexity index is 1140. The molecule has 30 heavy (non-hydrogen) atoms. The normalized spacial score (nSPS) is 10.5. The number of amides is 1. The lowest BCUT2D eigenvalue weighted by molar-refractivity contribution is -0.385. The summed E-state index contributed by atoms with van der Waals surface area (Å²) < 4.78 is 5.18. The zero-order chi connectivity index (χ0) is 21.8. The molecule has 0 spiro atoms. The number of nitro groups is 1. The van der Waals surface area contributed by atoms with E-state index in [0.717, 1.165) is 0 Å². The molecule has 3 aromatic rings. The Morgan fingerprint density at radius 2 is 1.93 bits per heavy atom. The number of nitro benzene ring substituents is 1. The average molecular weight is 445 g/mol. The molecule has 0 saturated heterocycles. The second-order valence-corrected chi connectivity index (χ2v) is 7.55. The zero-order valence-corrected chi connectivity index (χ0v) is 17.7. The number of anilines is 1. The highest BCUT2D eigenvalue weighted by Crippen LogP contribution is 2.39. The van der Waals surface area contributed by atoms with Crippen LogP contribution in [0.25, 0.3) is 11.1 Å². The zero-order valence-electron chi connectivity index (χ0n) is 16.1. The van der Waals surface area contributed by atoms with Gasteiger partial charge in [0, 0.05) is 38.7 Å². The third-order valence-electron chi connectivity index (χ3n) is 4.32. The van der Waals surface area contributed by atoms with Gasteiger partial charge in [-0.3, -0.25) is 14.9 Å². The molecule has 0 unspecified atom stereocenters. The van der Waals surface area contributed by atoms with Crippen LogP contribution in [0.15, 0.2) is 47.8 Å². The van der Waals surface area contributed by atoms with E-state index >= 15 is 0 Å². The van der Waals surface area contributed by atoms with Gasteiger partial charge in [0.25, 0.3) is 11.6 Å². The van der Waals surface area contributed by atoms with Crippen LogP contribution < -0.4 is 5.32 Å². The van der Waals surface area contributed by atoms with E-state index in [2.05, 4.69) is 5.32 Å². The third kappa shape index (κ3) is 4.34. The fourth-order valence-corrected chi connectivity index (χ4v) is 4.09. The lowest BCUT2D eigenvalue weighted by Gasteiger charge is -2.10. The lowest BCUT2D eigenvalue weighted by Crippen LogP contribution is -2.15. The van der Waals surface area contributed by atoms with E-state index in [4.69, 9.17) is 16.3 Å². The van der Waals surface area contributed by atoms with Crippen LogP contribution in [0.1, 0.15) is 33.2 Å². The first-order chi connectivity index (χ1) is 14.3. The van der Waals surface area contributed by atoms with Crippen molar-refractivity contribution in [3.8, 4) is 11.1 Å². The Hall–Kier alpha value is -3.23. The van der Waals surface area contributed by atoms with Crippen LogP contribution in [-0.2, 0) is 4.74 Å². The maximum absolute atomic E-state index is 12.7. The van der Waals surface area contributed by atoms with Gasteiger partial charge in [-0.25, -0.2) is 4.79 Å². The van der Waals surface area contributed by atoms with E-state index in [9.17, 15) is 19.7 Å². The van der Waals surface area contributed by atoms with Gasteiger partial charge < -0.3 is 10.1 Å². The smallest absolute Gasteiger partial charge is 0.341 e. The number of esters is 1. The maximum atomic E-state index is 12.7. The van der Waals surface area contributed by atoms with Crippen LogP contribution in [0.3, 0.4) is 0 Å². The molecule has 1 heterocycles. The van der Waals surface area contributed by atoms with Crippen molar-refractivity contribution in [1.29, 1.82) is 0 Å². The van der Waals surface area contributed by atoms with Gasteiger partial charge in [-0.2, -0.15) is 0 Å². The van der Waals surface area contributed by atoms with Gasteiger partial charge in [0.15, 0.2) is 0 Å². The van der Waals surface area contributed by atoms with Crippen molar-refractivity contribution in [2.24, 2.45) is 0 Å². The van der Waals surface area contributed by atoms with Crippen LogP contribution >= 0.6 is 22.9 Å². The Morgan fingerprint density at radius 3 is 2.57 bits per heavy atom. The molecule has 0 aliphatic carbocycles. The summed E-state index contributed by atoms with van der Waals surface area (Å²) in [5, 5.41) is 16.2. The highest BCUT2D eigenvalue weighted by atomic mass is 35.5. The predicted octanol–water partition coefficient (Wildman–Crippen LogP) is 5.71. The molecule has 1 amide bonds. The molecule has 1 aromatic heterocycles. The topological polar surface area (TPSA) is 98.5 Å². The first kappa shape index (κ1) is 21.5. The molecule has 3 rings (SSSR count). The summed E-state index contributed by atoms with van der Waals surface area (Å²) in [7, 11) is 0. The summed E-state index contributed by atoms with van der Waals surface area (Å²) in [6, 6.07) is 11.1. The Kier molecular flexibility index (Phi) is 6.49. The second-order valence-electron chi connectivity index (χ2n) is 6.27. The van der Waals surface area contributed by atoms with Gasteiger partial charge in [-0.05, 0) is 32.0 Å². The number of nitrogens with zero attached hydrogens (tertiary/aromatic N) is 1. The molecule has 2 aromatic carbocycles. The predicted molar refractivity (Wildman–Crippen MR) is 117 cm³/mol. The number of rotatable bonds is 6. The standard InChI is InChI=1S/C21H17ClN2O5S/c1-3-29-21(26)18-15(14-6-4-5-7-16(14)22)11-30-20(18)23-19(25)13-8-9-17(24(27)28)12(2)10-13/h4-11H,3H2,1-2H3,(H,23,25). The second kappa shape index (κ2) is 9.06. The van der Waals surface area contributed by atoms with Gasteiger partial charge in [-0.15, -0.1) is 11.3 Å². The maximum Gasteiger partial charge on any atom is 0.341 e. The van der Waals surface area contributed by atoms with Crippen LogP contribution in [0.5, 0.6) is 0 Å². The van der Waals surface area contributed by atoms with Gasteiger partial charge in [0.2, 0.25) is 0 Å². The fraction of sp³-hybridized carbons (Fsp3) is 0.143. The summed E-state index contributed by atoms with van der Waals surface area (Å²) in [4.78, 5) is 35.9.